The van der Waals surface area contributed by atoms with Gasteiger partial charge in [-0.25, -0.2) is 0 Å². The van der Waals surface area contributed by atoms with Crippen molar-refractivity contribution < 1.29 is 4.79 Å². The van der Waals surface area contributed by atoms with Gasteiger partial charge in [0.2, 0.25) is 5.91 Å². The van der Waals surface area contributed by atoms with E-state index in [1.165, 1.54) is 12.0 Å². The highest BCUT2D eigenvalue weighted by Crippen LogP contribution is 2.16. The Hall–Kier alpha value is -1.39. The summed E-state index contributed by atoms with van der Waals surface area (Å²) in [6, 6.07) is 10.3. The number of hydrogen-bond donors (Lipinski definition) is 1. The molecular formula is C18H29N3O. The van der Waals surface area contributed by atoms with Gasteiger partial charge in [-0.3, -0.25) is 4.79 Å². The van der Waals surface area contributed by atoms with E-state index >= 15 is 0 Å². The average molecular weight is 303 g/mol. The maximum Gasteiger partial charge on any atom is 0.222 e. The molecule has 1 aromatic rings. The second-order valence-electron chi connectivity index (χ2n) is 6.50. The Morgan fingerprint density at radius 3 is 2.64 bits per heavy atom. The van der Waals surface area contributed by atoms with Crippen LogP contribution in [-0.4, -0.2) is 56.0 Å². The third-order valence-corrected chi connectivity index (χ3v) is 4.31. The van der Waals surface area contributed by atoms with E-state index in [4.69, 9.17) is 0 Å². The van der Waals surface area contributed by atoms with Crippen molar-refractivity contribution in [1.29, 1.82) is 0 Å². The SMILES string of the molecule is CN(C)CCN(Cc1ccccc1)C(=O)CCC1CCNC1. The lowest BCUT2D eigenvalue weighted by atomic mass is 10.0. The Morgan fingerprint density at radius 2 is 2.00 bits per heavy atom. The smallest absolute Gasteiger partial charge is 0.222 e. The monoisotopic (exact) mass is 303 g/mol. The summed E-state index contributed by atoms with van der Waals surface area (Å²) in [5.74, 6) is 0.967. The molecule has 0 aromatic heterocycles. The van der Waals surface area contributed by atoms with E-state index < -0.39 is 0 Å². The van der Waals surface area contributed by atoms with Gasteiger partial charge in [0.15, 0.2) is 0 Å². The van der Waals surface area contributed by atoms with Crippen molar-refractivity contribution >= 4 is 5.91 Å². The number of rotatable bonds is 8. The molecule has 0 bridgehead atoms. The zero-order valence-electron chi connectivity index (χ0n) is 13.9. The van der Waals surface area contributed by atoms with E-state index in [0.717, 1.165) is 39.1 Å². The summed E-state index contributed by atoms with van der Waals surface area (Å²) >= 11 is 0. The van der Waals surface area contributed by atoms with Gasteiger partial charge < -0.3 is 15.1 Å². The summed E-state index contributed by atoms with van der Waals surface area (Å²) in [6.07, 6.45) is 2.90. The Balaban J connectivity index is 1.88. The summed E-state index contributed by atoms with van der Waals surface area (Å²) in [6.45, 7) is 4.60. The van der Waals surface area contributed by atoms with Crippen LogP contribution < -0.4 is 5.32 Å². The molecule has 1 N–H and O–H groups in total. The Bertz CT molecular complexity index is 441. The van der Waals surface area contributed by atoms with E-state index in [9.17, 15) is 4.79 Å². The molecule has 2 rings (SSSR count). The molecule has 1 atom stereocenters. The van der Waals surface area contributed by atoms with Crippen molar-refractivity contribution in [3.8, 4) is 0 Å². The van der Waals surface area contributed by atoms with Crippen LogP contribution >= 0.6 is 0 Å². The van der Waals surface area contributed by atoms with E-state index in [2.05, 4.69) is 36.4 Å². The Kier molecular flexibility index (Phi) is 6.87. The first-order valence-electron chi connectivity index (χ1n) is 8.32. The second-order valence-corrected chi connectivity index (χ2v) is 6.50. The van der Waals surface area contributed by atoms with E-state index in [-0.39, 0.29) is 5.91 Å². The number of likely N-dealkylation sites (N-methyl/N-ethyl adjacent to an activating group) is 1. The van der Waals surface area contributed by atoms with Gasteiger partial charge in [-0.15, -0.1) is 0 Å². The summed E-state index contributed by atoms with van der Waals surface area (Å²) < 4.78 is 0. The first kappa shape index (κ1) is 17.0. The lowest BCUT2D eigenvalue weighted by Gasteiger charge is -2.25. The molecule has 0 aliphatic carbocycles. The van der Waals surface area contributed by atoms with Crippen molar-refractivity contribution in [2.24, 2.45) is 5.92 Å². The first-order chi connectivity index (χ1) is 10.6. The minimum Gasteiger partial charge on any atom is -0.337 e. The Labute approximate surface area is 134 Å². The van der Waals surface area contributed by atoms with Gasteiger partial charge in [-0.2, -0.15) is 0 Å². The fraction of sp³-hybridized carbons (Fsp3) is 0.611. The van der Waals surface area contributed by atoms with E-state index in [0.29, 0.717) is 12.3 Å². The number of carbonyl (C=O) groups is 1. The van der Waals surface area contributed by atoms with Crippen molar-refractivity contribution in [2.45, 2.75) is 25.8 Å². The van der Waals surface area contributed by atoms with Crippen LogP contribution in [0.3, 0.4) is 0 Å². The topological polar surface area (TPSA) is 35.6 Å². The molecule has 0 spiro atoms. The maximum absolute atomic E-state index is 12.6. The summed E-state index contributed by atoms with van der Waals surface area (Å²) in [7, 11) is 4.10. The molecule has 1 heterocycles. The van der Waals surface area contributed by atoms with Gasteiger partial charge in [-0.05, 0) is 51.5 Å². The second kappa shape index (κ2) is 8.91. The lowest BCUT2D eigenvalue weighted by molar-refractivity contribution is -0.132. The van der Waals surface area contributed by atoms with E-state index in [1.54, 1.807) is 0 Å². The van der Waals surface area contributed by atoms with Gasteiger partial charge in [0.1, 0.15) is 0 Å². The summed E-state index contributed by atoms with van der Waals surface area (Å²) in [5.41, 5.74) is 1.21. The molecule has 1 aromatic carbocycles. The quantitative estimate of drug-likeness (QED) is 0.797. The fourth-order valence-electron chi connectivity index (χ4n) is 2.86. The van der Waals surface area contributed by atoms with Gasteiger partial charge in [0, 0.05) is 26.1 Å². The minimum absolute atomic E-state index is 0.289. The predicted octanol–water partition coefficient (Wildman–Crippen LogP) is 1.97. The van der Waals surface area contributed by atoms with Crippen LogP contribution in [0.1, 0.15) is 24.8 Å². The largest absolute Gasteiger partial charge is 0.337 e. The molecule has 1 fully saturated rings. The molecule has 4 heteroatoms. The lowest BCUT2D eigenvalue weighted by Crippen LogP contribution is -2.36. The predicted molar refractivity (Wildman–Crippen MR) is 90.6 cm³/mol. The van der Waals surface area contributed by atoms with Crippen LogP contribution in [0.15, 0.2) is 30.3 Å². The van der Waals surface area contributed by atoms with Crippen molar-refractivity contribution in [3.05, 3.63) is 35.9 Å². The number of amides is 1. The van der Waals surface area contributed by atoms with Crippen LogP contribution in [0, 0.1) is 5.92 Å². The minimum atomic E-state index is 0.289. The summed E-state index contributed by atoms with van der Waals surface area (Å²) in [4.78, 5) is 16.7. The summed E-state index contributed by atoms with van der Waals surface area (Å²) in [5, 5.41) is 3.37. The molecule has 1 saturated heterocycles. The van der Waals surface area contributed by atoms with Crippen LogP contribution in [0.2, 0.25) is 0 Å². The molecule has 122 valence electrons. The van der Waals surface area contributed by atoms with Gasteiger partial charge in [-0.1, -0.05) is 30.3 Å². The van der Waals surface area contributed by atoms with Crippen LogP contribution in [0.5, 0.6) is 0 Å². The third-order valence-electron chi connectivity index (χ3n) is 4.31. The Morgan fingerprint density at radius 1 is 1.23 bits per heavy atom. The molecule has 1 unspecified atom stereocenters. The van der Waals surface area contributed by atoms with Crippen LogP contribution in [0.4, 0.5) is 0 Å². The van der Waals surface area contributed by atoms with E-state index in [1.807, 2.05) is 23.1 Å². The number of nitrogens with one attached hydrogen (secondary N) is 1. The molecular weight excluding hydrogens is 274 g/mol. The highest BCUT2D eigenvalue weighted by atomic mass is 16.2. The fourth-order valence-corrected chi connectivity index (χ4v) is 2.86. The molecule has 1 amide bonds. The zero-order chi connectivity index (χ0) is 15.8. The van der Waals surface area contributed by atoms with Crippen LogP contribution in [-0.2, 0) is 11.3 Å². The normalized spacial score (nSPS) is 17.9. The van der Waals surface area contributed by atoms with Crippen molar-refractivity contribution in [1.82, 2.24) is 15.1 Å². The molecule has 0 radical (unpaired) electrons. The number of nitrogens with zero attached hydrogens (tertiary/aromatic N) is 2. The maximum atomic E-state index is 12.6. The van der Waals surface area contributed by atoms with Crippen molar-refractivity contribution in [3.63, 3.8) is 0 Å². The van der Waals surface area contributed by atoms with Gasteiger partial charge in [0.25, 0.3) is 0 Å². The van der Waals surface area contributed by atoms with Crippen molar-refractivity contribution in [2.75, 3.05) is 40.3 Å². The number of carbonyl (C=O) groups excluding carboxylic acids is 1. The highest BCUT2D eigenvalue weighted by Gasteiger charge is 2.19. The molecule has 0 saturated carbocycles. The molecule has 4 nitrogen and oxygen atoms in total. The standard InChI is InChI=1S/C18H29N3O/c1-20(2)12-13-21(15-17-6-4-3-5-7-17)18(22)9-8-16-10-11-19-14-16/h3-7,16,19H,8-15H2,1-2H3. The van der Waals surface area contributed by atoms with Gasteiger partial charge in [0.05, 0.1) is 0 Å². The van der Waals surface area contributed by atoms with Crippen LogP contribution in [0.25, 0.3) is 0 Å². The molecule has 1 aliphatic heterocycles. The number of hydrogen-bond acceptors (Lipinski definition) is 3. The highest BCUT2D eigenvalue weighted by molar-refractivity contribution is 5.76. The first-order valence-corrected chi connectivity index (χ1v) is 8.32. The number of benzene rings is 1. The zero-order valence-corrected chi connectivity index (χ0v) is 13.9. The molecule has 22 heavy (non-hydrogen) atoms. The molecule has 1 aliphatic rings. The average Bonchev–Trinajstić information content (AvgIpc) is 3.03. The third kappa shape index (κ3) is 5.78. The van der Waals surface area contributed by atoms with Gasteiger partial charge >= 0.3 is 0 Å².